The number of halogens is 1. The van der Waals surface area contributed by atoms with Gasteiger partial charge in [0.15, 0.2) is 0 Å². The fourth-order valence-corrected chi connectivity index (χ4v) is 4.22. The maximum atomic E-state index is 5.26. The van der Waals surface area contributed by atoms with Crippen molar-refractivity contribution in [3.63, 3.8) is 0 Å². The number of rotatable bonds is 5. The van der Waals surface area contributed by atoms with Gasteiger partial charge in [0, 0.05) is 25.6 Å². The Kier molecular flexibility index (Phi) is 6.73. The van der Waals surface area contributed by atoms with E-state index in [1.807, 2.05) is 0 Å². The average molecular weight is 392 g/mol. The van der Waals surface area contributed by atoms with Gasteiger partial charge >= 0.3 is 0 Å². The number of ether oxygens (including phenoxy) is 1. The summed E-state index contributed by atoms with van der Waals surface area (Å²) >= 11 is 0. The maximum Gasteiger partial charge on any atom is 0.147 e. The third-order valence-electron chi connectivity index (χ3n) is 5.82. The van der Waals surface area contributed by atoms with Crippen LogP contribution in [0.15, 0.2) is 24.3 Å². The molecule has 0 bridgehead atoms. The van der Waals surface area contributed by atoms with E-state index in [0.717, 1.165) is 50.8 Å². The molecule has 0 radical (unpaired) electrons. The Morgan fingerprint density at radius 2 is 1.89 bits per heavy atom. The van der Waals surface area contributed by atoms with E-state index >= 15 is 0 Å². The molecule has 0 amide bonds. The molecule has 6 nitrogen and oxygen atoms in total. The number of aromatic nitrogens is 3. The Balaban J connectivity index is 0.00000210. The second-order valence-corrected chi connectivity index (χ2v) is 7.55. The first-order chi connectivity index (χ1) is 12.7. The monoisotopic (exact) mass is 391 g/mol. The highest BCUT2D eigenvalue weighted by atomic mass is 35.5. The molecule has 7 heteroatoms. The summed E-state index contributed by atoms with van der Waals surface area (Å²) in [6.07, 6.45) is 2.36. The molecule has 4 rings (SSSR count). The van der Waals surface area contributed by atoms with Crippen LogP contribution < -0.4 is 10.1 Å². The number of piperidine rings is 1. The molecule has 0 saturated carbocycles. The minimum absolute atomic E-state index is 0. The quantitative estimate of drug-likeness (QED) is 0.849. The molecule has 1 aromatic carbocycles. The smallest absolute Gasteiger partial charge is 0.147 e. The molecule has 2 aliphatic rings. The lowest BCUT2D eigenvalue weighted by atomic mass is 9.94. The third-order valence-corrected chi connectivity index (χ3v) is 5.82. The lowest BCUT2D eigenvalue weighted by molar-refractivity contribution is 0.198. The number of nitrogens with zero attached hydrogens (tertiary/aromatic N) is 4. The van der Waals surface area contributed by atoms with Gasteiger partial charge in [0.05, 0.1) is 13.7 Å². The van der Waals surface area contributed by atoms with Crippen molar-refractivity contribution >= 4 is 12.4 Å². The highest BCUT2D eigenvalue weighted by molar-refractivity contribution is 5.85. The van der Waals surface area contributed by atoms with Crippen molar-refractivity contribution in [2.75, 3.05) is 33.3 Å². The number of benzene rings is 1. The largest absolute Gasteiger partial charge is 0.497 e. The molecule has 1 unspecified atom stereocenters. The standard InChI is InChI=1S/C20H29N5O.ClH/c1-15(16-3-5-18(26-2)6-4-16)14-24-10-7-17(8-11-24)20-23-22-19-13-21-9-12-25(19)20;/h3-6,15,17,21H,7-14H2,1-2H3;1H. The van der Waals surface area contributed by atoms with Crippen LogP contribution in [0.3, 0.4) is 0 Å². The Hall–Kier alpha value is -1.63. The zero-order chi connectivity index (χ0) is 17.9. The Morgan fingerprint density at radius 1 is 1.15 bits per heavy atom. The molecule has 148 valence electrons. The summed E-state index contributed by atoms with van der Waals surface area (Å²) in [5.41, 5.74) is 1.38. The van der Waals surface area contributed by atoms with E-state index < -0.39 is 0 Å². The summed E-state index contributed by atoms with van der Waals surface area (Å²) in [7, 11) is 1.71. The van der Waals surface area contributed by atoms with Crippen molar-refractivity contribution in [3.8, 4) is 5.75 Å². The first kappa shape index (κ1) is 20.1. The molecule has 1 N–H and O–H groups in total. The van der Waals surface area contributed by atoms with Crippen molar-refractivity contribution in [3.05, 3.63) is 41.5 Å². The predicted molar refractivity (Wildman–Crippen MR) is 109 cm³/mol. The molecule has 0 aliphatic carbocycles. The van der Waals surface area contributed by atoms with Crippen molar-refractivity contribution in [1.29, 1.82) is 0 Å². The van der Waals surface area contributed by atoms with Crippen LogP contribution in [0.25, 0.3) is 0 Å². The van der Waals surface area contributed by atoms with Crippen LogP contribution in [0, 0.1) is 0 Å². The molecule has 2 aliphatic heterocycles. The number of methoxy groups -OCH3 is 1. The molecule has 3 heterocycles. The van der Waals surface area contributed by atoms with E-state index in [1.54, 1.807) is 7.11 Å². The van der Waals surface area contributed by atoms with E-state index in [1.165, 1.54) is 24.2 Å². The van der Waals surface area contributed by atoms with Crippen LogP contribution >= 0.6 is 12.4 Å². The summed E-state index contributed by atoms with van der Waals surface area (Å²) in [5.74, 6) is 4.33. The molecule has 1 aromatic heterocycles. The van der Waals surface area contributed by atoms with Crippen molar-refractivity contribution in [2.24, 2.45) is 0 Å². The lowest BCUT2D eigenvalue weighted by Gasteiger charge is -2.33. The number of fused-ring (bicyclic) bond motifs is 1. The highest BCUT2D eigenvalue weighted by Gasteiger charge is 2.27. The third kappa shape index (κ3) is 4.45. The van der Waals surface area contributed by atoms with Crippen molar-refractivity contribution in [2.45, 2.75) is 44.7 Å². The lowest BCUT2D eigenvalue weighted by Crippen LogP contribution is -2.37. The van der Waals surface area contributed by atoms with Crippen molar-refractivity contribution < 1.29 is 4.74 Å². The summed E-state index contributed by atoms with van der Waals surface area (Å²) in [6, 6.07) is 8.49. The summed E-state index contributed by atoms with van der Waals surface area (Å²) in [5, 5.41) is 12.3. The van der Waals surface area contributed by atoms with E-state index in [4.69, 9.17) is 4.74 Å². The van der Waals surface area contributed by atoms with E-state index in [-0.39, 0.29) is 12.4 Å². The minimum atomic E-state index is 0. The van der Waals surface area contributed by atoms with Gasteiger partial charge in [0.1, 0.15) is 17.4 Å². The van der Waals surface area contributed by atoms with Gasteiger partial charge < -0.3 is 19.5 Å². The number of nitrogens with one attached hydrogen (secondary N) is 1. The Bertz CT molecular complexity index is 724. The van der Waals surface area contributed by atoms with Gasteiger partial charge in [-0.05, 0) is 49.5 Å². The maximum absolute atomic E-state index is 5.26. The van der Waals surface area contributed by atoms with Crippen LogP contribution in [-0.4, -0.2) is 53.0 Å². The van der Waals surface area contributed by atoms with Crippen molar-refractivity contribution in [1.82, 2.24) is 25.0 Å². The van der Waals surface area contributed by atoms with Gasteiger partial charge in [-0.25, -0.2) is 0 Å². The first-order valence-corrected chi connectivity index (χ1v) is 9.73. The minimum Gasteiger partial charge on any atom is -0.497 e. The van der Waals surface area contributed by atoms with Crippen LogP contribution in [-0.2, 0) is 13.1 Å². The van der Waals surface area contributed by atoms with Gasteiger partial charge in [-0.15, -0.1) is 22.6 Å². The summed E-state index contributed by atoms with van der Waals surface area (Å²) in [4.78, 5) is 2.60. The van der Waals surface area contributed by atoms with E-state index in [9.17, 15) is 0 Å². The zero-order valence-corrected chi connectivity index (χ0v) is 17.0. The molecule has 1 fully saturated rings. The number of likely N-dealkylation sites (tertiary alicyclic amines) is 1. The van der Waals surface area contributed by atoms with Crippen LogP contribution in [0.5, 0.6) is 5.75 Å². The van der Waals surface area contributed by atoms with E-state index in [0.29, 0.717) is 11.8 Å². The number of hydrogen-bond donors (Lipinski definition) is 1. The Morgan fingerprint density at radius 3 is 2.59 bits per heavy atom. The molecule has 2 aromatic rings. The molecule has 0 spiro atoms. The van der Waals surface area contributed by atoms with Gasteiger partial charge in [-0.3, -0.25) is 0 Å². The first-order valence-electron chi connectivity index (χ1n) is 9.73. The fourth-order valence-electron chi connectivity index (χ4n) is 4.22. The van der Waals surface area contributed by atoms with E-state index in [2.05, 4.69) is 56.2 Å². The molecule has 27 heavy (non-hydrogen) atoms. The Labute approximate surface area is 167 Å². The topological polar surface area (TPSA) is 55.2 Å². The van der Waals surface area contributed by atoms with Gasteiger partial charge in [0.25, 0.3) is 0 Å². The fraction of sp³-hybridized carbons (Fsp3) is 0.600. The van der Waals surface area contributed by atoms with Crippen LogP contribution in [0.4, 0.5) is 0 Å². The second kappa shape index (κ2) is 9.04. The average Bonchev–Trinajstić information content (AvgIpc) is 3.13. The van der Waals surface area contributed by atoms with Crippen LogP contribution in [0.2, 0.25) is 0 Å². The van der Waals surface area contributed by atoms with Gasteiger partial charge in [-0.1, -0.05) is 19.1 Å². The summed E-state index contributed by atoms with van der Waals surface area (Å²) < 4.78 is 7.60. The van der Waals surface area contributed by atoms with Crippen LogP contribution in [0.1, 0.15) is 48.8 Å². The SMILES string of the molecule is COc1ccc(C(C)CN2CCC(c3nnc4n3CCNC4)CC2)cc1.Cl. The normalized spacial score (nSPS) is 19.2. The second-order valence-electron chi connectivity index (χ2n) is 7.55. The molecule has 1 saturated heterocycles. The molecular weight excluding hydrogens is 362 g/mol. The number of hydrogen-bond acceptors (Lipinski definition) is 5. The molecule has 1 atom stereocenters. The van der Waals surface area contributed by atoms with Gasteiger partial charge in [-0.2, -0.15) is 0 Å². The predicted octanol–water partition coefficient (Wildman–Crippen LogP) is 2.79. The molecular formula is C20H30ClN5O. The van der Waals surface area contributed by atoms with Gasteiger partial charge in [0.2, 0.25) is 0 Å². The summed E-state index contributed by atoms with van der Waals surface area (Å²) in [6.45, 7) is 8.60. The zero-order valence-electron chi connectivity index (χ0n) is 16.2. The highest BCUT2D eigenvalue weighted by Crippen LogP contribution is 2.29.